The molecule has 7 heteroatoms. The van der Waals surface area contributed by atoms with Crippen LogP contribution in [0.25, 0.3) is 0 Å². The largest absolute Gasteiger partial charge is 0.497 e. The molecule has 1 saturated heterocycles. The van der Waals surface area contributed by atoms with Crippen molar-refractivity contribution in [3.05, 3.63) is 59.7 Å². The molecule has 0 aliphatic carbocycles. The first-order chi connectivity index (χ1) is 13.5. The van der Waals surface area contributed by atoms with Crippen LogP contribution in [-0.4, -0.2) is 45.5 Å². The Morgan fingerprint density at radius 1 is 1.04 bits per heavy atom. The SMILES string of the molecule is COc1ccc(CCOC(=O)c2cccc(S(=O)(=O)N3CCCCC3)c2)cc1. The molecule has 150 valence electrons. The van der Waals surface area contributed by atoms with E-state index in [0.717, 1.165) is 30.6 Å². The van der Waals surface area contributed by atoms with E-state index < -0.39 is 16.0 Å². The Morgan fingerprint density at radius 3 is 2.43 bits per heavy atom. The van der Waals surface area contributed by atoms with Gasteiger partial charge in [0.25, 0.3) is 0 Å². The summed E-state index contributed by atoms with van der Waals surface area (Å²) in [6.45, 7) is 1.27. The van der Waals surface area contributed by atoms with Gasteiger partial charge >= 0.3 is 5.97 Å². The predicted molar refractivity (Wildman–Crippen MR) is 106 cm³/mol. The van der Waals surface area contributed by atoms with Crippen molar-refractivity contribution in [2.24, 2.45) is 0 Å². The number of hydrogen-bond acceptors (Lipinski definition) is 5. The van der Waals surface area contributed by atoms with Gasteiger partial charge in [-0.05, 0) is 48.7 Å². The third-order valence-corrected chi connectivity index (χ3v) is 6.70. The summed E-state index contributed by atoms with van der Waals surface area (Å²) in [7, 11) is -1.97. The Morgan fingerprint density at radius 2 is 1.75 bits per heavy atom. The first-order valence-corrected chi connectivity index (χ1v) is 10.8. The summed E-state index contributed by atoms with van der Waals surface area (Å²) >= 11 is 0. The first kappa shape index (κ1) is 20.4. The normalized spacial score (nSPS) is 15.2. The molecule has 2 aromatic carbocycles. The summed E-state index contributed by atoms with van der Waals surface area (Å²) in [4.78, 5) is 12.5. The van der Waals surface area contributed by atoms with Gasteiger partial charge in [0.1, 0.15) is 5.75 Å². The molecular formula is C21H25NO5S. The Hall–Kier alpha value is -2.38. The second kappa shape index (κ2) is 9.21. The molecule has 0 atom stereocenters. The van der Waals surface area contributed by atoms with Crippen LogP contribution in [0.1, 0.15) is 35.2 Å². The maximum atomic E-state index is 12.8. The molecule has 2 aromatic rings. The van der Waals surface area contributed by atoms with E-state index in [0.29, 0.717) is 19.5 Å². The smallest absolute Gasteiger partial charge is 0.338 e. The summed E-state index contributed by atoms with van der Waals surface area (Å²) in [5.41, 5.74) is 1.27. The molecule has 28 heavy (non-hydrogen) atoms. The van der Waals surface area contributed by atoms with Gasteiger partial charge in [0.05, 0.1) is 24.2 Å². The summed E-state index contributed by atoms with van der Waals surface area (Å²) in [6, 6.07) is 13.6. The number of nitrogens with zero attached hydrogens (tertiary/aromatic N) is 1. The van der Waals surface area contributed by atoms with Crippen LogP contribution in [0.5, 0.6) is 5.75 Å². The number of carbonyl (C=O) groups excluding carboxylic acids is 1. The minimum atomic E-state index is -3.57. The zero-order chi connectivity index (χ0) is 20.0. The molecule has 0 unspecified atom stereocenters. The molecular weight excluding hydrogens is 378 g/mol. The summed E-state index contributed by atoms with van der Waals surface area (Å²) in [5, 5.41) is 0. The van der Waals surface area contributed by atoms with Crippen molar-refractivity contribution in [2.45, 2.75) is 30.6 Å². The van der Waals surface area contributed by atoms with E-state index in [-0.39, 0.29) is 17.1 Å². The van der Waals surface area contributed by atoms with E-state index in [1.807, 2.05) is 24.3 Å². The second-order valence-corrected chi connectivity index (χ2v) is 8.66. The van der Waals surface area contributed by atoms with Crippen molar-refractivity contribution in [2.75, 3.05) is 26.8 Å². The van der Waals surface area contributed by atoms with Gasteiger partial charge in [-0.1, -0.05) is 24.6 Å². The molecule has 3 rings (SSSR count). The molecule has 6 nitrogen and oxygen atoms in total. The summed E-state index contributed by atoms with van der Waals surface area (Å²) in [5.74, 6) is 0.247. The highest BCUT2D eigenvalue weighted by Gasteiger charge is 2.26. The van der Waals surface area contributed by atoms with E-state index >= 15 is 0 Å². The van der Waals surface area contributed by atoms with Crippen LogP contribution in [0.2, 0.25) is 0 Å². The van der Waals surface area contributed by atoms with Crippen molar-refractivity contribution < 1.29 is 22.7 Å². The zero-order valence-corrected chi connectivity index (χ0v) is 16.8. The highest BCUT2D eigenvalue weighted by atomic mass is 32.2. The maximum Gasteiger partial charge on any atom is 0.338 e. The number of hydrogen-bond donors (Lipinski definition) is 0. The Bertz CT molecular complexity index is 903. The molecule has 0 bridgehead atoms. The lowest BCUT2D eigenvalue weighted by Gasteiger charge is -2.25. The number of methoxy groups -OCH3 is 1. The van der Waals surface area contributed by atoms with E-state index in [1.165, 1.54) is 16.4 Å². The minimum Gasteiger partial charge on any atom is -0.497 e. The molecule has 1 fully saturated rings. The number of benzene rings is 2. The average molecular weight is 404 g/mol. The van der Waals surface area contributed by atoms with Crippen molar-refractivity contribution in [1.82, 2.24) is 4.31 Å². The third-order valence-electron chi connectivity index (χ3n) is 4.81. The molecule has 1 heterocycles. The fraction of sp³-hybridized carbons (Fsp3) is 0.381. The minimum absolute atomic E-state index is 0.138. The van der Waals surface area contributed by atoms with Crippen LogP contribution < -0.4 is 4.74 Å². The van der Waals surface area contributed by atoms with Gasteiger partial charge in [0, 0.05) is 19.5 Å². The Balaban J connectivity index is 1.61. The van der Waals surface area contributed by atoms with E-state index in [1.54, 1.807) is 19.2 Å². The van der Waals surface area contributed by atoms with Crippen molar-refractivity contribution in [3.8, 4) is 5.75 Å². The van der Waals surface area contributed by atoms with Crippen LogP contribution >= 0.6 is 0 Å². The molecule has 0 amide bonds. The van der Waals surface area contributed by atoms with Gasteiger partial charge in [-0.25, -0.2) is 13.2 Å². The Kier molecular flexibility index (Phi) is 6.70. The maximum absolute atomic E-state index is 12.8. The number of ether oxygens (including phenoxy) is 2. The van der Waals surface area contributed by atoms with Crippen molar-refractivity contribution in [3.63, 3.8) is 0 Å². The van der Waals surface area contributed by atoms with Gasteiger partial charge in [-0.2, -0.15) is 4.31 Å². The van der Waals surface area contributed by atoms with E-state index in [4.69, 9.17) is 9.47 Å². The van der Waals surface area contributed by atoms with Crippen LogP contribution in [0, 0.1) is 0 Å². The van der Waals surface area contributed by atoms with Crippen molar-refractivity contribution in [1.29, 1.82) is 0 Å². The molecule has 0 N–H and O–H groups in total. The molecule has 0 saturated carbocycles. The molecule has 0 radical (unpaired) electrons. The van der Waals surface area contributed by atoms with Crippen LogP contribution in [-0.2, 0) is 21.2 Å². The molecule has 0 spiro atoms. The van der Waals surface area contributed by atoms with Crippen LogP contribution in [0.4, 0.5) is 0 Å². The standard InChI is InChI=1S/C21H25NO5S/c1-26-19-10-8-17(9-11-19)12-15-27-21(23)18-6-5-7-20(16-18)28(24,25)22-13-3-2-4-14-22/h5-11,16H,2-4,12-15H2,1H3. The lowest BCUT2D eigenvalue weighted by Crippen LogP contribution is -2.35. The first-order valence-electron chi connectivity index (χ1n) is 9.41. The quantitative estimate of drug-likeness (QED) is 0.664. The highest BCUT2D eigenvalue weighted by molar-refractivity contribution is 7.89. The van der Waals surface area contributed by atoms with Gasteiger partial charge in [0.2, 0.25) is 10.0 Å². The average Bonchev–Trinajstić information content (AvgIpc) is 2.75. The van der Waals surface area contributed by atoms with Gasteiger partial charge < -0.3 is 9.47 Å². The lowest BCUT2D eigenvalue weighted by molar-refractivity contribution is 0.0509. The number of esters is 1. The number of rotatable bonds is 7. The number of carbonyl (C=O) groups is 1. The fourth-order valence-corrected chi connectivity index (χ4v) is 4.74. The molecule has 1 aliphatic rings. The molecule has 1 aliphatic heterocycles. The number of sulfonamides is 1. The predicted octanol–water partition coefficient (Wildman–Crippen LogP) is 3.27. The summed E-state index contributed by atoms with van der Waals surface area (Å²) < 4.78 is 37.5. The zero-order valence-electron chi connectivity index (χ0n) is 16.0. The third kappa shape index (κ3) is 4.91. The Labute approximate surface area is 166 Å². The summed E-state index contributed by atoms with van der Waals surface area (Å²) in [6.07, 6.45) is 3.35. The monoisotopic (exact) mass is 403 g/mol. The van der Waals surface area contributed by atoms with Crippen molar-refractivity contribution >= 4 is 16.0 Å². The van der Waals surface area contributed by atoms with Gasteiger partial charge in [-0.15, -0.1) is 0 Å². The van der Waals surface area contributed by atoms with E-state index in [2.05, 4.69) is 0 Å². The topological polar surface area (TPSA) is 72.9 Å². The lowest BCUT2D eigenvalue weighted by atomic mass is 10.1. The van der Waals surface area contributed by atoms with Crippen LogP contribution in [0.15, 0.2) is 53.4 Å². The van der Waals surface area contributed by atoms with Crippen LogP contribution in [0.3, 0.4) is 0 Å². The van der Waals surface area contributed by atoms with E-state index in [9.17, 15) is 13.2 Å². The second-order valence-electron chi connectivity index (χ2n) is 6.73. The van der Waals surface area contributed by atoms with Gasteiger partial charge in [0.15, 0.2) is 0 Å². The highest BCUT2D eigenvalue weighted by Crippen LogP contribution is 2.21. The number of piperidine rings is 1. The van der Waals surface area contributed by atoms with Gasteiger partial charge in [-0.3, -0.25) is 0 Å². The molecule has 0 aromatic heterocycles. The fourth-order valence-electron chi connectivity index (χ4n) is 3.17.